The number of halogens is 1. The number of guanidine groups is 1. The predicted octanol–water partition coefficient (Wildman–Crippen LogP) is 2.06. The Kier molecular flexibility index (Phi) is 14.5. The Morgan fingerprint density at radius 2 is 1.44 bits per heavy atom. The SMILES string of the molecule is CCNC(=NCCCCN1CCN(CC)CC1)NCCN1CCCCC1.I. The molecule has 0 unspecified atom stereocenters. The van der Waals surface area contributed by atoms with E-state index in [1.165, 1.54) is 84.5 Å². The molecular weight excluding hydrogens is 451 g/mol. The van der Waals surface area contributed by atoms with Crippen molar-refractivity contribution in [1.29, 1.82) is 0 Å². The highest BCUT2D eigenvalue weighted by atomic mass is 127. The van der Waals surface area contributed by atoms with Gasteiger partial charge in [0.25, 0.3) is 0 Å². The first-order chi connectivity index (χ1) is 12.8. The van der Waals surface area contributed by atoms with Crippen LogP contribution in [0.4, 0.5) is 0 Å². The van der Waals surface area contributed by atoms with Crippen LogP contribution in [-0.4, -0.2) is 99.2 Å². The van der Waals surface area contributed by atoms with E-state index in [4.69, 9.17) is 4.99 Å². The van der Waals surface area contributed by atoms with E-state index in [-0.39, 0.29) is 24.0 Å². The molecule has 2 saturated heterocycles. The van der Waals surface area contributed by atoms with Crippen LogP contribution in [0, 0.1) is 0 Å². The molecule has 0 aromatic heterocycles. The summed E-state index contributed by atoms with van der Waals surface area (Å²) in [5.74, 6) is 0.987. The third kappa shape index (κ3) is 10.9. The fourth-order valence-electron chi connectivity index (χ4n) is 3.82. The van der Waals surface area contributed by atoms with Crippen LogP contribution in [0.3, 0.4) is 0 Å². The molecule has 0 aliphatic carbocycles. The van der Waals surface area contributed by atoms with Crippen LogP contribution in [0.2, 0.25) is 0 Å². The number of aliphatic imine (C=N–C) groups is 1. The number of hydrogen-bond donors (Lipinski definition) is 2. The Morgan fingerprint density at radius 3 is 2.11 bits per heavy atom. The number of piperazine rings is 1. The average Bonchev–Trinajstić information content (AvgIpc) is 2.69. The summed E-state index contributed by atoms with van der Waals surface area (Å²) in [4.78, 5) is 12.5. The summed E-state index contributed by atoms with van der Waals surface area (Å²) in [5.41, 5.74) is 0. The Labute approximate surface area is 184 Å². The molecule has 2 heterocycles. The van der Waals surface area contributed by atoms with Crippen molar-refractivity contribution in [2.75, 3.05) is 78.5 Å². The van der Waals surface area contributed by atoms with Crippen LogP contribution in [0.15, 0.2) is 4.99 Å². The van der Waals surface area contributed by atoms with Gasteiger partial charge in [0.1, 0.15) is 0 Å². The molecule has 2 fully saturated rings. The van der Waals surface area contributed by atoms with Crippen LogP contribution in [0.5, 0.6) is 0 Å². The lowest BCUT2D eigenvalue weighted by Gasteiger charge is -2.33. The van der Waals surface area contributed by atoms with Crippen molar-refractivity contribution in [3.8, 4) is 0 Å². The topological polar surface area (TPSA) is 46.1 Å². The molecule has 2 N–H and O–H groups in total. The number of likely N-dealkylation sites (tertiary alicyclic amines) is 1. The summed E-state index contributed by atoms with van der Waals surface area (Å²) in [5, 5.41) is 6.88. The van der Waals surface area contributed by atoms with E-state index in [2.05, 4.69) is 39.2 Å². The molecule has 0 aromatic rings. The van der Waals surface area contributed by atoms with E-state index in [1.807, 2.05) is 0 Å². The zero-order valence-electron chi connectivity index (χ0n) is 17.7. The second-order valence-electron chi connectivity index (χ2n) is 7.57. The molecule has 0 spiro atoms. The minimum absolute atomic E-state index is 0. The number of piperidine rings is 1. The summed E-state index contributed by atoms with van der Waals surface area (Å²) >= 11 is 0. The van der Waals surface area contributed by atoms with Crippen LogP contribution >= 0.6 is 24.0 Å². The van der Waals surface area contributed by atoms with Crippen molar-refractivity contribution in [3.63, 3.8) is 0 Å². The van der Waals surface area contributed by atoms with E-state index in [9.17, 15) is 0 Å². The van der Waals surface area contributed by atoms with Gasteiger partial charge in [-0.3, -0.25) is 4.99 Å². The molecular formula is C20H43IN6. The first-order valence-corrected chi connectivity index (χ1v) is 11.0. The first kappa shape index (κ1) is 24.9. The number of unbranched alkanes of at least 4 members (excludes halogenated alkanes) is 1. The maximum Gasteiger partial charge on any atom is 0.191 e. The highest BCUT2D eigenvalue weighted by molar-refractivity contribution is 14.0. The van der Waals surface area contributed by atoms with Gasteiger partial charge in [-0.15, -0.1) is 24.0 Å². The third-order valence-electron chi connectivity index (χ3n) is 5.58. The van der Waals surface area contributed by atoms with Gasteiger partial charge in [0.2, 0.25) is 0 Å². The van der Waals surface area contributed by atoms with E-state index >= 15 is 0 Å². The summed E-state index contributed by atoms with van der Waals surface area (Å²) < 4.78 is 0. The van der Waals surface area contributed by atoms with E-state index in [1.54, 1.807) is 0 Å². The Hall–Kier alpha value is -0.120. The number of nitrogens with one attached hydrogen (secondary N) is 2. The number of rotatable bonds is 10. The van der Waals surface area contributed by atoms with E-state index in [0.717, 1.165) is 32.1 Å². The minimum atomic E-state index is 0. The highest BCUT2D eigenvalue weighted by Crippen LogP contribution is 2.07. The molecule has 2 aliphatic heterocycles. The molecule has 0 aromatic carbocycles. The van der Waals surface area contributed by atoms with Gasteiger partial charge in [-0.1, -0.05) is 13.3 Å². The number of hydrogen-bond acceptors (Lipinski definition) is 4. The Morgan fingerprint density at radius 1 is 0.778 bits per heavy atom. The summed E-state index contributed by atoms with van der Waals surface area (Å²) in [6, 6.07) is 0. The van der Waals surface area contributed by atoms with Crippen molar-refractivity contribution in [2.24, 2.45) is 4.99 Å². The molecule has 0 atom stereocenters. The van der Waals surface area contributed by atoms with Crippen molar-refractivity contribution in [2.45, 2.75) is 46.0 Å². The zero-order valence-corrected chi connectivity index (χ0v) is 20.0. The van der Waals surface area contributed by atoms with Crippen molar-refractivity contribution in [3.05, 3.63) is 0 Å². The Balaban J connectivity index is 0.00000364. The standard InChI is InChI=1S/C20H42N6.HI/c1-3-21-20(23-11-15-25-12-7-5-8-13-25)22-10-6-9-14-26-18-16-24(4-2)17-19-26;/h3-19H2,1-2H3,(H2,21,22,23);1H. The fourth-order valence-corrected chi connectivity index (χ4v) is 3.82. The summed E-state index contributed by atoms with van der Waals surface area (Å²) in [6.45, 7) is 18.3. The van der Waals surface area contributed by atoms with Crippen molar-refractivity contribution >= 4 is 29.9 Å². The second-order valence-corrected chi connectivity index (χ2v) is 7.57. The van der Waals surface area contributed by atoms with Gasteiger partial charge >= 0.3 is 0 Å². The smallest absolute Gasteiger partial charge is 0.191 e. The number of nitrogens with zero attached hydrogens (tertiary/aromatic N) is 4. The maximum absolute atomic E-state index is 4.75. The molecule has 2 rings (SSSR count). The van der Waals surface area contributed by atoms with Gasteiger partial charge in [0.15, 0.2) is 5.96 Å². The van der Waals surface area contributed by atoms with Gasteiger partial charge in [0, 0.05) is 52.4 Å². The summed E-state index contributed by atoms with van der Waals surface area (Å²) in [6.07, 6.45) is 6.56. The van der Waals surface area contributed by atoms with Crippen molar-refractivity contribution in [1.82, 2.24) is 25.3 Å². The molecule has 160 valence electrons. The van der Waals surface area contributed by atoms with Gasteiger partial charge in [-0.05, 0) is 58.8 Å². The lowest BCUT2D eigenvalue weighted by atomic mass is 10.1. The molecule has 0 bridgehead atoms. The maximum atomic E-state index is 4.75. The molecule has 0 radical (unpaired) electrons. The van der Waals surface area contributed by atoms with Crippen LogP contribution in [-0.2, 0) is 0 Å². The number of likely N-dealkylation sites (N-methyl/N-ethyl adjacent to an activating group) is 1. The van der Waals surface area contributed by atoms with E-state index in [0.29, 0.717) is 0 Å². The van der Waals surface area contributed by atoms with Gasteiger partial charge in [-0.2, -0.15) is 0 Å². The first-order valence-electron chi connectivity index (χ1n) is 11.0. The molecule has 2 aliphatic rings. The fraction of sp³-hybridized carbons (Fsp3) is 0.950. The minimum Gasteiger partial charge on any atom is -0.357 e. The second kappa shape index (κ2) is 15.8. The molecule has 0 amide bonds. The molecule has 6 nitrogen and oxygen atoms in total. The highest BCUT2D eigenvalue weighted by Gasteiger charge is 2.14. The molecule has 0 saturated carbocycles. The third-order valence-corrected chi connectivity index (χ3v) is 5.58. The van der Waals surface area contributed by atoms with E-state index < -0.39 is 0 Å². The quantitative estimate of drug-likeness (QED) is 0.211. The summed E-state index contributed by atoms with van der Waals surface area (Å²) in [7, 11) is 0. The lowest BCUT2D eigenvalue weighted by Crippen LogP contribution is -2.46. The van der Waals surface area contributed by atoms with Gasteiger partial charge in [0.05, 0.1) is 0 Å². The van der Waals surface area contributed by atoms with Gasteiger partial charge < -0.3 is 25.3 Å². The average molecular weight is 495 g/mol. The Bertz CT molecular complexity index is 379. The zero-order chi connectivity index (χ0) is 18.5. The van der Waals surface area contributed by atoms with Crippen LogP contribution in [0.1, 0.15) is 46.0 Å². The van der Waals surface area contributed by atoms with Gasteiger partial charge in [-0.25, -0.2) is 0 Å². The largest absolute Gasteiger partial charge is 0.357 e. The molecule has 27 heavy (non-hydrogen) atoms. The van der Waals surface area contributed by atoms with Crippen LogP contribution < -0.4 is 10.6 Å². The normalized spacial score (nSPS) is 20.3. The van der Waals surface area contributed by atoms with Crippen LogP contribution in [0.25, 0.3) is 0 Å². The monoisotopic (exact) mass is 494 g/mol. The molecule has 7 heteroatoms. The predicted molar refractivity (Wildman–Crippen MR) is 127 cm³/mol. The lowest BCUT2D eigenvalue weighted by molar-refractivity contribution is 0.136. The van der Waals surface area contributed by atoms with Crippen molar-refractivity contribution < 1.29 is 0 Å².